The van der Waals surface area contributed by atoms with Gasteiger partial charge in [0.15, 0.2) is 0 Å². The molecule has 0 spiro atoms. The van der Waals surface area contributed by atoms with Crippen LogP contribution in [-0.4, -0.2) is 71.2 Å². The van der Waals surface area contributed by atoms with E-state index < -0.39 is 8.56 Å². The van der Waals surface area contributed by atoms with Crippen molar-refractivity contribution in [1.29, 1.82) is 0 Å². The highest BCUT2D eigenvalue weighted by Crippen LogP contribution is 2.17. The van der Waals surface area contributed by atoms with Crippen LogP contribution in [0, 0.1) is 0 Å². The van der Waals surface area contributed by atoms with Gasteiger partial charge in [0.05, 0.1) is 6.67 Å². The Morgan fingerprint density at radius 1 is 0.846 bits per heavy atom. The van der Waals surface area contributed by atoms with Crippen molar-refractivity contribution in [2.24, 2.45) is 0 Å². The zero-order valence-corrected chi connectivity index (χ0v) is 10.6. The van der Waals surface area contributed by atoms with Crippen molar-refractivity contribution in [3.8, 4) is 0 Å². The Hall–Kier alpha value is 0.0269. The fraction of sp³-hybridized carbons (Fsp3) is 1.00. The van der Waals surface area contributed by atoms with Gasteiger partial charge in [0, 0.05) is 6.04 Å². The standard InChI is InChI=1S/C8H22FN3Si/c1-10(2)13(8-7-9,11(3)4)12(5)6/h7-8H2,1-6H3. The number of nitrogens with zero attached hydrogens (tertiary/aromatic N) is 3. The molecule has 0 heterocycles. The van der Waals surface area contributed by atoms with Crippen molar-refractivity contribution in [1.82, 2.24) is 13.7 Å². The second-order valence-corrected chi connectivity index (χ2v) is 8.63. The molecule has 0 unspecified atom stereocenters. The van der Waals surface area contributed by atoms with Gasteiger partial charge in [0.1, 0.15) is 0 Å². The molecule has 0 N–H and O–H groups in total. The average Bonchev–Trinajstić information content (AvgIpc) is 1.97. The van der Waals surface area contributed by atoms with Gasteiger partial charge < -0.3 is 13.7 Å². The van der Waals surface area contributed by atoms with E-state index in [0.717, 1.165) is 0 Å². The molecule has 0 fully saturated rings. The minimum absolute atomic E-state index is 0.249. The molecule has 0 aromatic rings. The van der Waals surface area contributed by atoms with E-state index in [1.165, 1.54) is 0 Å². The Bertz CT molecular complexity index is 129. The number of hydrogen-bond acceptors (Lipinski definition) is 3. The van der Waals surface area contributed by atoms with Gasteiger partial charge in [-0.3, -0.25) is 4.39 Å². The Kier molecular flexibility index (Phi) is 5.05. The molecule has 80 valence electrons. The molecule has 0 amide bonds. The van der Waals surface area contributed by atoms with Gasteiger partial charge in [0.2, 0.25) is 0 Å². The Labute approximate surface area is 82.4 Å². The Morgan fingerprint density at radius 2 is 1.15 bits per heavy atom. The number of hydrogen-bond donors (Lipinski definition) is 0. The first-order valence-electron chi connectivity index (χ1n) is 4.47. The quantitative estimate of drug-likeness (QED) is 0.611. The lowest BCUT2D eigenvalue weighted by molar-refractivity contribution is 0.362. The van der Waals surface area contributed by atoms with Gasteiger partial charge in [-0.2, -0.15) is 0 Å². The predicted molar refractivity (Wildman–Crippen MR) is 57.6 cm³/mol. The first kappa shape index (κ1) is 13.0. The zero-order chi connectivity index (χ0) is 10.6. The molecule has 0 saturated heterocycles. The molecule has 5 heteroatoms. The average molecular weight is 207 g/mol. The molecule has 0 rings (SSSR count). The highest BCUT2D eigenvalue weighted by atomic mass is 28.4. The summed E-state index contributed by atoms with van der Waals surface area (Å²) < 4.78 is 19.0. The van der Waals surface area contributed by atoms with Crippen molar-refractivity contribution < 1.29 is 4.39 Å². The van der Waals surface area contributed by atoms with Crippen LogP contribution in [0.5, 0.6) is 0 Å². The summed E-state index contributed by atoms with van der Waals surface area (Å²) in [5, 5.41) is 0. The Balaban J connectivity index is 4.82. The second kappa shape index (κ2) is 5.04. The molecular weight excluding hydrogens is 185 g/mol. The molecule has 0 aromatic carbocycles. The molecule has 0 saturated carbocycles. The van der Waals surface area contributed by atoms with Crippen molar-refractivity contribution in [3.63, 3.8) is 0 Å². The lowest BCUT2D eigenvalue weighted by Crippen LogP contribution is -2.69. The third kappa shape index (κ3) is 2.49. The van der Waals surface area contributed by atoms with E-state index in [4.69, 9.17) is 0 Å². The highest BCUT2D eigenvalue weighted by molar-refractivity contribution is 6.71. The largest absolute Gasteiger partial charge is 0.305 e. The maximum absolute atomic E-state index is 12.5. The summed E-state index contributed by atoms with van der Waals surface area (Å²) in [6.45, 7) is -0.249. The summed E-state index contributed by atoms with van der Waals surface area (Å²) in [6, 6.07) is 0.625. The van der Waals surface area contributed by atoms with Crippen molar-refractivity contribution in [2.75, 3.05) is 49.0 Å². The van der Waals surface area contributed by atoms with E-state index in [1.54, 1.807) is 0 Å². The highest BCUT2D eigenvalue weighted by Gasteiger charge is 2.41. The molecule has 0 aliphatic carbocycles. The lowest BCUT2D eigenvalue weighted by Gasteiger charge is -2.46. The molecule has 0 aromatic heterocycles. The van der Waals surface area contributed by atoms with Gasteiger partial charge in [-0.1, -0.05) is 0 Å². The SMILES string of the molecule is CN(C)[Si](CCF)(N(C)C)N(C)C. The summed E-state index contributed by atoms with van der Waals surface area (Å²) >= 11 is 0. The van der Waals surface area contributed by atoms with Crippen LogP contribution in [0.15, 0.2) is 0 Å². The summed E-state index contributed by atoms with van der Waals surface area (Å²) in [6.07, 6.45) is 0. The van der Waals surface area contributed by atoms with Gasteiger partial charge in [-0.25, -0.2) is 0 Å². The van der Waals surface area contributed by atoms with Gasteiger partial charge >= 0.3 is 0 Å². The molecule has 0 aliphatic rings. The molecule has 0 atom stereocenters. The van der Waals surface area contributed by atoms with Crippen LogP contribution < -0.4 is 0 Å². The van der Waals surface area contributed by atoms with Crippen LogP contribution in [0.25, 0.3) is 0 Å². The number of alkyl halides is 1. The Morgan fingerprint density at radius 3 is 1.23 bits per heavy atom. The third-order valence-electron chi connectivity index (χ3n) is 2.58. The van der Waals surface area contributed by atoms with Crippen molar-refractivity contribution in [3.05, 3.63) is 0 Å². The summed E-state index contributed by atoms with van der Waals surface area (Å²) in [5.74, 6) is 0. The van der Waals surface area contributed by atoms with E-state index >= 15 is 0 Å². The van der Waals surface area contributed by atoms with Crippen LogP contribution in [0.4, 0.5) is 4.39 Å². The molecule has 0 aliphatic heterocycles. The number of halogens is 1. The van der Waals surface area contributed by atoms with Crippen LogP contribution in [0.2, 0.25) is 6.04 Å². The monoisotopic (exact) mass is 207 g/mol. The van der Waals surface area contributed by atoms with Gasteiger partial charge in [-0.05, 0) is 42.3 Å². The van der Waals surface area contributed by atoms with Crippen LogP contribution in [0.3, 0.4) is 0 Å². The smallest absolute Gasteiger partial charge is 0.290 e. The van der Waals surface area contributed by atoms with E-state index in [0.29, 0.717) is 6.04 Å². The topological polar surface area (TPSA) is 9.72 Å². The summed E-state index contributed by atoms with van der Waals surface area (Å²) in [4.78, 5) is 0. The van der Waals surface area contributed by atoms with E-state index in [2.05, 4.69) is 13.7 Å². The minimum Gasteiger partial charge on any atom is -0.305 e. The second-order valence-electron chi connectivity index (χ2n) is 3.90. The van der Waals surface area contributed by atoms with E-state index in [9.17, 15) is 4.39 Å². The predicted octanol–water partition coefficient (Wildman–Crippen LogP) is 0.580. The number of rotatable bonds is 5. The fourth-order valence-electron chi connectivity index (χ4n) is 2.00. The van der Waals surface area contributed by atoms with Gasteiger partial charge in [-0.15, -0.1) is 0 Å². The first-order valence-corrected chi connectivity index (χ1v) is 6.52. The van der Waals surface area contributed by atoms with Crippen molar-refractivity contribution >= 4 is 8.56 Å². The fourth-order valence-corrected chi connectivity index (χ4v) is 5.99. The van der Waals surface area contributed by atoms with Crippen molar-refractivity contribution in [2.45, 2.75) is 6.04 Å². The minimum atomic E-state index is -1.90. The van der Waals surface area contributed by atoms with Crippen LogP contribution >= 0.6 is 0 Å². The maximum atomic E-state index is 12.5. The normalized spacial score (nSPS) is 13.4. The lowest BCUT2D eigenvalue weighted by atomic mass is 10.9. The summed E-state index contributed by atoms with van der Waals surface area (Å²) in [5.41, 5.74) is 0. The maximum Gasteiger partial charge on any atom is 0.290 e. The molecule has 0 bridgehead atoms. The molecule has 3 nitrogen and oxygen atoms in total. The first-order chi connectivity index (χ1) is 5.89. The summed E-state index contributed by atoms with van der Waals surface area (Å²) in [7, 11) is 10.3. The third-order valence-corrected chi connectivity index (χ3v) is 7.74. The van der Waals surface area contributed by atoms with Crippen LogP contribution in [-0.2, 0) is 0 Å². The zero-order valence-electron chi connectivity index (χ0n) is 9.63. The molecular formula is C8H22FN3Si. The van der Waals surface area contributed by atoms with E-state index in [1.807, 2.05) is 42.3 Å². The van der Waals surface area contributed by atoms with E-state index in [-0.39, 0.29) is 6.67 Å². The molecule has 0 radical (unpaired) electrons. The van der Waals surface area contributed by atoms with Gasteiger partial charge in [0.25, 0.3) is 8.56 Å². The molecule has 13 heavy (non-hydrogen) atoms. The van der Waals surface area contributed by atoms with Crippen LogP contribution in [0.1, 0.15) is 0 Å².